The second kappa shape index (κ2) is 11.4. The number of carbonyl (C=O) groups is 2. The molecule has 2 fully saturated rings. The number of hydrogen-bond donors (Lipinski definition) is 0. The Morgan fingerprint density at radius 3 is 2.11 bits per heavy atom. The zero-order valence-corrected chi connectivity index (χ0v) is 22.2. The molecule has 3 aliphatic heterocycles. The van der Waals surface area contributed by atoms with Gasteiger partial charge in [-0.2, -0.15) is 0 Å². The van der Waals surface area contributed by atoms with Crippen molar-refractivity contribution in [3.8, 4) is 28.7 Å². The van der Waals surface area contributed by atoms with E-state index in [1.54, 1.807) is 17.0 Å². The number of methoxy groups -OCH3 is 3. The molecular formula is C28H35N3O7. The molecule has 0 N–H and O–H groups in total. The monoisotopic (exact) mass is 525 g/mol. The van der Waals surface area contributed by atoms with E-state index in [0.29, 0.717) is 61.8 Å². The van der Waals surface area contributed by atoms with Gasteiger partial charge in [-0.1, -0.05) is 6.07 Å². The van der Waals surface area contributed by atoms with Gasteiger partial charge in [0.1, 0.15) is 0 Å². The first kappa shape index (κ1) is 26.0. The summed E-state index contributed by atoms with van der Waals surface area (Å²) in [4.78, 5) is 32.6. The molecule has 3 aliphatic rings. The van der Waals surface area contributed by atoms with Crippen molar-refractivity contribution in [2.45, 2.75) is 19.4 Å². The van der Waals surface area contributed by atoms with Crippen LogP contribution in [0.15, 0.2) is 30.3 Å². The van der Waals surface area contributed by atoms with Crippen LogP contribution in [0.5, 0.6) is 28.7 Å². The molecular weight excluding hydrogens is 490 g/mol. The minimum Gasteiger partial charge on any atom is -0.493 e. The lowest BCUT2D eigenvalue weighted by atomic mass is 9.94. The van der Waals surface area contributed by atoms with E-state index in [4.69, 9.17) is 23.7 Å². The fraction of sp³-hybridized carbons (Fsp3) is 0.500. The number of amides is 2. The van der Waals surface area contributed by atoms with E-state index >= 15 is 0 Å². The second-order valence-electron chi connectivity index (χ2n) is 9.77. The van der Waals surface area contributed by atoms with E-state index in [2.05, 4.69) is 11.0 Å². The van der Waals surface area contributed by atoms with Crippen molar-refractivity contribution >= 4 is 11.8 Å². The minimum absolute atomic E-state index is 0.0561. The molecule has 10 nitrogen and oxygen atoms in total. The summed E-state index contributed by atoms with van der Waals surface area (Å²) in [6.45, 7) is 5.27. The van der Waals surface area contributed by atoms with Gasteiger partial charge in [-0.3, -0.25) is 14.5 Å². The van der Waals surface area contributed by atoms with Crippen LogP contribution < -0.4 is 23.7 Å². The zero-order chi connectivity index (χ0) is 26.6. The van der Waals surface area contributed by atoms with E-state index in [-0.39, 0.29) is 24.5 Å². The quantitative estimate of drug-likeness (QED) is 0.545. The van der Waals surface area contributed by atoms with Crippen molar-refractivity contribution in [3.63, 3.8) is 0 Å². The molecule has 10 heteroatoms. The number of carbonyl (C=O) groups excluding carboxylic acids is 2. The van der Waals surface area contributed by atoms with Crippen molar-refractivity contribution in [1.82, 2.24) is 14.7 Å². The zero-order valence-electron chi connectivity index (χ0n) is 22.2. The number of piperidine rings is 1. The van der Waals surface area contributed by atoms with Crippen molar-refractivity contribution in [1.29, 1.82) is 0 Å². The van der Waals surface area contributed by atoms with Gasteiger partial charge in [-0.05, 0) is 42.7 Å². The molecule has 0 saturated carbocycles. The highest BCUT2D eigenvalue weighted by Crippen LogP contribution is 2.39. The number of rotatable bonds is 7. The maximum Gasteiger partial charge on any atom is 0.254 e. The molecule has 2 aromatic carbocycles. The molecule has 0 atom stereocenters. The predicted octanol–water partition coefficient (Wildman–Crippen LogP) is 2.64. The summed E-state index contributed by atoms with van der Waals surface area (Å²) in [7, 11) is 4.59. The highest BCUT2D eigenvalue weighted by Gasteiger charge is 2.32. The van der Waals surface area contributed by atoms with Gasteiger partial charge in [0, 0.05) is 57.3 Å². The maximum absolute atomic E-state index is 13.3. The molecule has 3 heterocycles. The second-order valence-corrected chi connectivity index (χ2v) is 9.77. The first-order chi connectivity index (χ1) is 18.5. The average Bonchev–Trinajstić information content (AvgIpc) is 3.44. The third-order valence-electron chi connectivity index (χ3n) is 7.57. The van der Waals surface area contributed by atoms with Crippen LogP contribution in [0.1, 0.15) is 28.8 Å². The Morgan fingerprint density at radius 2 is 1.47 bits per heavy atom. The Morgan fingerprint density at radius 1 is 0.816 bits per heavy atom. The highest BCUT2D eigenvalue weighted by atomic mass is 16.7. The number of hydrogen-bond acceptors (Lipinski definition) is 8. The van der Waals surface area contributed by atoms with Crippen LogP contribution >= 0.6 is 0 Å². The van der Waals surface area contributed by atoms with Crippen LogP contribution in [-0.4, -0.2) is 93.9 Å². The highest BCUT2D eigenvalue weighted by molar-refractivity contribution is 5.96. The Hall–Kier alpha value is -3.66. The molecule has 0 bridgehead atoms. The number of ether oxygens (including phenoxy) is 5. The third kappa shape index (κ3) is 5.31. The predicted molar refractivity (Wildman–Crippen MR) is 139 cm³/mol. The van der Waals surface area contributed by atoms with Crippen LogP contribution in [0.25, 0.3) is 0 Å². The van der Waals surface area contributed by atoms with Crippen LogP contribution in [0.4, 0.5) is 0 Å². The summed E-state index contributed by atoms with van der Waals surface area (Å²) < 4.78 is 27.0. The van der Waals surface area contributed by atoms with Crippen molar-refractivity contribution in [2.24, 2.45) is 5.92 Å². The fourth-order valence-electron chi connectivity index (χ4n) is 5.40. The van der Waals surface area contributed by atoms with E-state index in [9.17, 15) is 9.59 Å². The summed E-state index contributed by atoms with van der Waals surface area (Å²) in [5, 5.41) is 0. The topological polar surface area (TPSA) is 90.0 Å². The molecule has 2 aromatic rings. The van der Waals surface area contributed by atoms with Gasteiger partial charge in [0.15, 0.2) is 23.0 Å². The van der Waals surface area contributed by atoms with Crippen molar-refractivity contribution in [3.05, 3.63) is 41.5 Å². The molecule has 38 heavy (non-hydrogen) atoms. The maximum atomic E-state index is 13.3. The average molecular weight is 526 g/mol. The molecule has 2 amide bonds. The summed E-state index contributed by atoms with van der Waals surface area (Å²) in [5.41, 5.74) is 1.65. The van der Waals surface area contributed by atoms with Crippen molar-refractivity contribution in [2.75, 3.05) is 67.4 Å². The molecule has 0 unspecified atom stereocenters. The number of piperazine rings is 1. The smallest absolute Gasteiger partial charge is 0.254 e. The molecule has 0 radical (unpaired) electrons. The van der Waals surface area contributed by atoms with Gasteiger partial charge in [0.25, 0.3) is 5.91 Å². The molecule has 5 rings (SSSR count). The summed E-state index contributed by atoms with van der Waals surface area (Å²) in [6.07, 6.45) is 1.32. The van der Waals surface area contributed by atoms with Crippen molar-refractivity contribution < 1.29 is 33.3 Å². The Bertz CT molecular complexity index is 1150. The number of fused-ring (bicyclic) bond motifs is 1. The molecule has 0 aromatic heterocycles. The van der Waals surface area contributed by atoms with Gasteiger partial charge in [-0.25, -0.2) is 0 Å². The lowest BCUT2D eigenvalue weighted by Gasteiger charge is -2.38. The van der Waals surface area contributed by atoms with Crippen LogP contribution in [0.2, 0.25) is 0 Å². The van der Waals surface area contributed by atoms with Crippen LogP contribution in [0, 0.1) is 5.92 Å². The van der Waals surface area contributed by atoms with Gasteiger partial charge in [0.2, 0.25) is 18.4 Å². The molecule has 0 spiro atoms. The van der Waals surface area contributed by atoms with Crippen LogP contribution in [0.3, 0.4) is 0 Å². The van der Waals surface area contributed by atoms with Crippen LogP contribution in [-0.2, 0) is 11.3 Å². The molecule has 2 saturated heterocycles. The number of likely N-dealkylation sites (tertiary alicyclic amines) is 1. The van der Waals surface area contributed by atoms with E-state index in [0.717, 1.165) is 31.1 Å². The van der Waals surface area contributed by atoms with Gasteiger partial charge >= 0.3 is 0 Å². The fourth-order valence-corrected chi connectivity index (χ4v) is 5.40. The van der Waals surface area contributed by atoms with Gasteiger partial charge in [-0.15, -0.1) is 0 Å². The Balaban J connectivity index is 1.11. The number of nitrogens with zero attached hydrogens (tertiary/aromatic N) is 3. The standard InChI is InChI=1S/C28H35N3O7/c1-34-24-15-21(16-25(35-2)26(24)36-3)28(33)30-8-6-20(7-9-30)27(32)31-12-10-29(11-13-31)17-19-4-5-22-23(14-19)38-18-37-22/h4-5,14-16,20H,6-13,17-18H2,1-3H3. The largest absolute Gasteiger partial charge is 0.493 e. The third-order valence-corrected chi connectivity index (χ3v) is 7.57. The summed E-state index contributed by atoms with van der Waals surface area (Å²) >= 11 is 0. The Labute approximate surface area is 222 Å². The first-order valence-electron chi connectivity index (χ1n) is 13.0. The minimum atomic E-state index is -0.104. The van der Waals surface area contributed by atoms with E-state index in [1.807, 2.05) is 17.0 Å². The SMILES string of the molecule is COc1cc(C(=O)N2CCC(C(=O)N3CCN(Cc4ccc5c(c4)OCO5)CC3)CC2)cc(OC)c1OC. The van der Waals surface area contributed by atoms with Gasteiger partial charge < -0.3 is 33.5 Å². The normalized spacial score (nSPS) is 17.9. The first-order valence-corrected chi connectivity index (χ1v) is 13.0. The molecule has 0 aliphatic carbocycles. The summed E-state index contributed by atoms with van der Waals surface area (Å²) in [6, 6.07) is 9.40. The summed E-state index contributed by atoms with van der Waals surface area (Å²) in [5.74, 6) is 2.97. The Kier molecular flexibility index (Phi) is 7.78. The van der Waals surface area contributed by atoms with Gasteiger partial charge in [0.05, 0.1) is 21.3 Å². The lowest BCUT2D eigenvalue weighted by molar-refractivity contribution is -0.138. The van der Waals surface area contributed by atoms with E-state index in [1.165, 1.54) is 26.9 Å². The number of benzene rings is 2. The van der Waals surface area contributed by atoms with E-state index < -0.39 is 0 Å². The molecule has 204 valence electrons. The lowest BCUT2D eigenvalue weighted by Crippen LogP contribution is -2.51.